The van der Waals surface area contributed by atoms with Crippen LogP contribution in [0.4, 0.5) is 4.79 Å². The molecular formula is C20H20Br2O6. The molecule has 0 N–H and O–H groups in total. The Hall–Kier alpha value is -2.06. The highest BCUT2D eigenvalue weighted by Gasteiger charge is 2.08. The van der Waals surface area contributed by atoms with Gasteiger partial charge in [-0.25, -0.2) is 4.79 Å². The molecule has 0 aliphatic rings. The van der Waals surface area contributed by atoms with E-state index >= 15 is 0 Å². The lowest BCUT2D eigenvalue weighted by atomic mass is 10.1. The molecule has 0 saturated heterocycles. The maximum Gasteiger partial charge on any atom is 0.508 e. The number of methoxy groups -OCH3 is 1. The van der Waals surface area contributed by atoms with E-state index in [1.165, 1.54) is 6.92 Å². The van der Waals surface area contributed by atoms with Gasteiger partial charge < -0.3 is 18.9 Å². The van der Waals surface area contributed by atoms with Crippen LogP contribution >= 0.6 is 31.9 Å². The number of carbonyl (C=O) groups is 2. The molecule has 0 heterocycles. The predicted octanol–water partition coefficient (Wildman–Crippen LogP) is 5.08. The number of rotatable bonds is 8. The van der Waals surface area contributed by atoms with E-state index in [9.17, 15) is 9.59 Å². The van der Waals surface area contributed by atoms with Gasteiger partial charge in [0.15, 0.2) is 0 Å². The third-order valence-corrected chi connectivity index (χ3v) is 5.07. The average Bonchev–Trinajstić information content (AvgIpc) is 2.65. The fourth-order valence-electron chi connectivity index (χ4n) is 2.33. The summed E-state index contributed by atoms with van der Waals surface area (Å²) in [6.45, 7) is 1.74. The summed E-state index contributed by atoms with van der Waals surface area (Å²) in [6, 6.07) is 10.9. The molecule has 150 valence electrons. The highest BCUT2D eigenvalue weighted by Crippen LogP contribution is 2.26. The Kier molecular flexibility index (Phi) is 8.79. The number of halogens is 2. The van der Waals surface area contributed by atoms with Gasteiger partial charge in [-0.05, 0) is 51.3 Å². The van der Waals surface area contributed by atoms with Crippen LogP contribution in [0.1, 0.15) is 18.1 Å². The summed E-state index contributed by atoms with van der Waals surface area (Å²) < 4.78 is 21.9. The van der Waals surface area contributed by atoms with Crippen molar-refractivity contribution in [3.63, 3.8) is 0 Å². The second kappa shape index (κ2) is 11.1. The van der Waals surface area contributed by atoms with Crippen LogP contribution in [0.2, 0.25) is 0 Å². The first kappa shape index (κ1) is 22.2. The number of ether oxygens (including phenoxy) is 4. The molecule has 0 unspecified atom stereocenters. The molecule has 2 aromatic rings. The minimum atomic E-state index is -0.708. The SMILES string of the molecule is COc1ccc(CCOC(=O)OCCc2ccc(OC(C)=O)c(Br)c2)c(Br)c1. The maximum atomic E-state index is 11.7. The molecule has 2 aromatic carbocycles. The summed E-state index contributed by atoms with van der Waals surface area (Å²) in [6.07, 6.45) is 0.364. The minimum absolute atomic E-state index is 0.185. The van der Waals surface area contributed by atoms with Crippen LogP contribution in [0.5, 0.6) is 11.5 Å². The normalized spacial score (nSPS) is 10.3. The predicted molar refractivity (Wildman–Crippen MR) is 111 cm³/mol. The quantitative estimate of drug-likeness (QED) is 0.360. The molecule has 0 radical (unpaired) electrons. The van der Waals surface area contributed by atoms with Crippen molar-refractivity contribution in [1.82, 2.24) is 0 Å². The van der Waals surface area contributed by atoms with Crippen LogP contribution in [-0.2, 0) is 27.1 Å². The van der Waals surface area contributed by atoms with Gasteiger partial charge in [-0.1, -0.05) is 28.1 Å². The zero-order valence-corrected chi connectivity index (χ0v) is 18.7. The van der Waals surface area contributed by atoms with Crippen molar-refractivity contribution in [3.8, 4) is 11.5 Å². The van der Waals surface area contributed by atoms with E-state index in [2.05, 4.69) is 31.9 Å². The number of benzene rings is 2. The van der Waals surface area contributed by atoms with Crippen LogP contribution in [-0.4, -0.2) is 32.4 Å². The highest BCUT2D eigenvalue weighted by molar-refractivity contribution is 9.10. The summed E-state index contributed by atoms with van der Waals surface area (Å²) >= 11 is 6.81. The van der Waals surface area contributed by atoms with E-state index in [1.807, 2.05) is 24.3 Å². The van der Waals surface area contributed by atoms with Gasteiger partial charge in [0.2, 0.25) is 0 Å². The molecule has 28 heavy (non-hydrogen) atoms. The molecule has 0 fully saturated rings. The van der Waals surface area contributed by atoms with Crippen LogP contribution < -0.4 is 9.47 Å². The maximum absolute atomic E-state index is 11.7. The molecule has 0 aromatic heterocycles. The first-order valence-corrected chi connectivity index (χ1v) is 10.1. The summed E-state index contributed by atoms with van der Waals surface area (Å²) in [7, 11) is 1.60. The monoisotopic (exact) mass is 514 g/mol. The Balaban J connectivity index is 1.71. The Morgan fingerprint density at radius 2 is 1.64 bits per heavy atom. The average molecular weight is 516 g/mol. The first-order chi connectivity index (χ1) is 13.4. The van der Waals surface area contributed by atoms with Gasteiger partial charge in [-0.3, -0.25) is 4.79 Å². The molecule has 0 aliphatic carbocycles. The van der Waals surface area contributed by atoms with Crippen molar-refractivity contribution in [1.29, 1.82) is 0 Å². The van der Waals surface area contributed by atoms with E-state index in [4.69, 9.17) is 18.9 Å². The highest BCUT2D eigenvalue weighted by atomic mass is 79.9. The topological polar surface area (TPSA) is 71.1 Å². The molecule has 0 aliphatic heterocycles. The third kappa shape index (κ3) is 7.16. The molecule has 0 amide bonds. The summed E-state index contributed by atoms with van der Waals surface area (Å²) in [5.74, 6) is 0.811. The van der Waals surface area contributed by atoms with Crippen molar-refractivity contribution in [2.75, 3.05) is 20.3 Å². The molecule has 0 atom stereocenters. The van der Waals surface area contributed by atoms with Gasteiger partial charge in [-0.15, -0.1) is 0 Å². The van der Waals surface area contributed by atoms with Crippen LogP contribution in [0.3, 0.4) is 0 Å². The largest absolute Gasteiger partial charge is 0.508 e. The van der Waals surface area contributed by atoms with Gasteiger partial charge in [0, 0.05) is 24.2 Å². The fourth-order valence-corrected chi connectivity index (χ4v) is 3.40. The summed E-state index contributed by atoms with van der Waals surface area (Å²) in [5, 5.41) is 0. The third-order valence-electron chi connectivity index (χ3n) is 3.71. The second-order valence-corrected chi connectivity index (χ2v) is 7.47. The zero-order valence-electron chi connectivity index (χ0n) is 15.5. The zero-order chi connectivity index (χ0) is 20.5. The summed E-state index contributed by atoms with van der Waals surface area (Å²) in [5.41, 5.74) is 1.93. The molecule has 2 rings (SSSR count). The standard InChI is InChI=1S/C20H20Br2O6/c1-13(23)28-19-6-3-14(11-18(19)22)7-9-26-20(24)27-10-8-15-4-5-16(25-2)12-17(15)21/h3-6,11-12H,7-10H2,1-2H3. The van der Waals surface area contributed by atoms with Gasteiger partial charge >= 0.3 is 12.1 Å². The summed E-state index contributed by atoms with van der Waals surface area (Å²) in [4.78, 5) is 22.7. The Labute approximate surface area is 180 Å². The molecule has 6 nitrogen and oxygen atoms in total. The van der Waals surface area contributed by atoms with Crippen LogP contribution in [0.15, 0.2) is 45.3 Å². The molecule has 0 spiro atoms. The lowest BCUT2D eigenvalue weighted by Gasteiger charge is -2.09. The van der Waals surface area contributed by atoms with Gasteiger partial charge in [0.05, 0.1) is 24.8 Å². The Bertz CT molecular complexity index is 837. The Morgan fingerprint density at radius 1 is 0.929 bits per heavy atom. The molecule has 0 bridgehead atoms. The number of hydrogen-bond donors (Lipinski definition) is 0. The van der Waals surface area contributed by atoms with Crippen molar-refractivity contribution in [3.05, 3.63) is 56.5 Å². The number of carbonyl (C=O) groups excluding carboxylic acids is 2. The van der Waals surface area contributed by atoms with Crippen molar-refractivity contribution in [2.45, 2.75) is 19.8 Å². The van der Waals surface area contributed by atoms with Crippen LogP contribution in [0, 0.1) is 0 Å². The fraction of sp³-hybridized carbons (Fsp3) is 0.300. The van der Waals surface area contributed by atoms with Gasteiger partial charge in [0.25, 0.3) is 0 Å². The second-order valence-electron chi connectivity index (χ2n) is 5.76. The minimum Gasteiger partial charge on any atom is -0.497 e. The number of esters is 1. The van der Waals surface area contributed by atoms with Crippen molar-refractivity contribution in [2.24, 2.45) is 0 Å². The van der Waals surface area contributed by atoms with Crippen molar-refractivity contribution < 1.29 is 28.5 Å². The van der Waals surface area contributed by atoms with Crippen molar-refractivity contribution >= 4 is 44.0 Å². The van der Waals surface area contributed by atoms with Gasteiger partial charge in [0.1, 0.15) is 11.5 Å². The molecule has 0 saturated carbocycles. The lowest BCUT2D eigenvalue weighted by molar-refractivity contribution is -0.131. The Morgan fingerprint density at radius 3 is 2.25 bits per heavy atom. The van der Waals surface area contributed by atoms with E-state index in [-0.39, 0.29) is 19.2 Å². The first-order valence-electron chi connectivity index (χ1n) is 8.48. The van der Waals surface area contributed by atoms with Gasteiger partial charge in [-0.2, -0.15) is 0 Å². The van der Waals surface area contributed by atoms with E-state index in [1.54, 1.807) is 19.2 Å². The number of hydrogen-bond acceptors (Lipinski definition) is 6. The van der Waals surface area contributed by atoms with E-state index < -0.39 is 6.16 Å². The smallest absolute Gasteiger partial charge is 0.497 e. The molecular weight excluding hydrogens is 496 g/mol. The van der Waals surface area contributed by atoms with Crippen LogP contribution in [0.25, 0.3) is 0 Å². The van der Waals surface area contributed by atoms with E-state index in [0.29, 0.717) is 23.1 Å². The molecule has 8 heteroatoms. The lowest BCUT2D eigenvalue weighted by Crippen LogP contribution is -2.12. The van der Waals surface area contributed by atoms with E-state index in [0.717, 1.165) is 21.3 Å².